The number of nitrogens with one attached hydrogen (secondary N) is 1. The van der Waals surface area contributed by atoms with Crippen molar-refractivity contribution in [3.8, 4) is 0 Å². The van der Waals surface area contributed by atoms with Gasteiger partial charge in [-0.1, -0.05) is 24.6 Å². The van der Waals surface area contributed by atoms with Crippen LogP contribution in [0.15, 0.2) is 24.3 Å². The van der Waals surface area contributed by atoms with Gasteiger partial charge in [-0.3, -0.25) is 4.90 Å². The Morgan fingerprint density at radius 3 is 2.89 bits per heavy atom. The predicted molar refractivity (Wildman–Crippen MR) is 69.7 cm³/mol. The average molecular weight is 287 g/mol. The number of aryl methyl sites for hydroxylation is 1. The zero-order valence-corrected chi connectivity index (χ0v) is 11.7. The Labute approximate surface area is 119 Å². The Balaban J connectivity index is 0.00000162. The molecule has 0 bridgehead atoms. The van der Waals surface area contributed by atoms with Crippen molar-refractivity contribution in [2.75, 3.05) is 31.6 Å². The van der Waals surface area contributed by atoms with Crippen molar-refractivity contribution < 1.29 is 21.9 Å². The fourth-order valence-electron chi connectivity index (χ4n) is 2.01. The van der Waals surface area contributed by atoms with Gasteiger partial charge in [0.05, 0.1) is 0 Å². The third-order valence-electron chi connectivity index (χ3n) is 2.97. The van der Waals surface area contributed by atoms with E-state index in [2.05, 4.69) is 16.7 Å². The van der Waals surface area contributed by atoms with Crippen LogP contribution in [0.5, 0.6) is 0 Å². The molecule has 1 aromatic carbocycles. The number of fused-ring (bicyclic) bond motifs is 1. The number of anilines is 1. The molecule has 0 aliphatic carbocycles. The van der Waals surface area contributed by atoms with Crippen LogP contribution in [-0.2, 0) is 23.5 Å². The van der Waals surface area contributed by atoms with Crippen molar-refractivity contribution in [2.45, 2.75) is 12.8 Å². The summed E-state index contributed by atoms with van der Waals surface area (Å²) in [7, 11) is 1.81. The third kappa shape index (κ3) is 3.73. The van der Waals surface area contributed by atoms with Crippen molar-refractivity contribution in [1.29, 1.82) is 0 Å². The van der Waals surface area contributed by atoms with Gasteiger partial charge in [-0.15, -0.1) is 13.1 Å². The maximum absolute atomic E-state index is 11.9. The molecule has 0 saturated heterocycles. The molecule has 0 unspecified atom stereocenters. The summed E-state index contributed by atoms with van der Waals surface area (Å²) >= 11 is 0. The van der Waals surface area contributed by atoms with E-state index in [0.29, 0.717) is 13.1 Å². The number of hydrogen-bond acceptors (Lipinski definition) is 1. The SMILES string of the molecule is CN1C(=O)NCC[N-]CCCc2ccccc21.[Mn]. The van der Waals surface area contributed by atoms with Crippen molar-refractivity contribution in [3.63, 3.8) is 0 Å². The van der Waals surface area contributed by atoms with E-state index in [4.69, 9.17) is 0 Å². The maximum Gasteiger partial charge on any atom is 0.321 e. The van der Waals surface area contributed by atoms with E-state index < -0.39 is 0 Å². The molecule has 5 heteroatoms. The largest absolute Gasteiger partial charge is 0.661 e. The second kappa shape index (κ2) is 7.41. The summed E-state index contributed by atoms with van der Waals surface area (Å²) in [6, 6.07) is 7.99. The molecule has 1 heterocycles. The molecule has 4 nitrogen and oxygen atoms in total. The summed E-state index contributed by atoms with van der Waals surface area (Å²) in [6.07, 6.45) is 2.01. The minimum atomic E-state index is -0.0606. The van der Waals surface area contributed by atoms with E-state index in [1.165, 1.54) is 5.56 Å². The van der Waals surface area contributed by atoms with Crippen LogP contribution >= 0.6 is 0 Å². The first kappa shape index (κ1) is 15.0. The molecule has 2 amide bonds. The maximum atomic E-state index is 11.9. The van der Waals surface area contributed by atoms with E-state index in [9.17, 15) is 4.79 Å². The quantitative estimate of drug-likeness (QED) is 0.730. The number of nitrogens with zero attached hydrogens (tertiary/aromatic N) is 2. The second-order valence-corrected chi connectivity index (χ2v) is 4.19. The topological polar surface area (TPSA) is 46.4 Å². The monoisotopic (exact) mass is 287 g/mol. The van der Waals surface area contributed by atoms with Crippen LogP contribution in [0.2, 0.25) is 0 Å². The first-order valence-corrected chi connectivity index (χ1v) is 6.02. The number of hydrogen-bond donors (Lipinski definition) is 1. The first-order valence-electron chi connectivity index (χ1n) is 6.02. The standard InChI is InChI=1S/C13H18N3O.Mn/c1-16-12-7-3-2-5-11(12)6-4-8-14-9-10-15-13(16)17;/h2-3,5,7H,4,6,8-10H2,1H3,(H,15,17);/q-1;. The molecule has 1 aliphatic rings. The minimum absolute atomic E-state index is 0. The number of urea groups is 1. The molecule has 1 N–H and O–H groups in total. The zero-order valence-electron chi connectivity index (χ0n) is 10.5. The molecule has 1 aromatic rings. The second-order valence-electron chi connectivity index (χ2n) is 4.19. The summed E-state index contributed by atoms with van der Waals surface area (Å²) < 4.78 is 0. The molecule has 1 radical (unpaired) electrons. The Hall–Kier alpha value is -1.03. The smallest absolute Gasteiger partial charge is 0.321 e. The fourth-order valence-corrected chi connectivity index (χ4v) is 2.01. The molecule has 0 atom stereocenters. The number of para-hydroxylation sites is 1. The number of carbonyl (C=O) groups excluding carboxylic acids is 1. The summed E-state index contributed by atoms with van der Waals surface area (Å²) in [5.74, 6) is 0. The summed E-state index contributed by atoms with van der Waals surface area (Å²) in [6.45, 7) is 2.19. The van der Waals surface area contributed by atoms with E-state index in [-0.39, 0.29) is 23.1 Å². The van der Waals surface area contributed by atoms with Crippen LogP contribution in [-0.4, -0.2) is 32.7 Å². The molecule has 0 aromatic heterocycles. The van der Waals surface area contributed by atoms with E-state index in [1.807, 2.05) is 25.2 Å². The van der Waals surface area contributed by atoms with Gasteiger partial charge in [0.1, 0.15) is 0 Å². The predicted octanol–water partition coefficient (Wildman–Crippen LogP) is 2.15. The van der Waals surface area contributed by atoms with Crippen molar-refractivity contribution in [3.05, 3.63) is 35.1 Å². The van der Waals surface area contributed by atoms with Crippen LogP contribution in [0.4, 0.5) is 10.5 Å². The molecule has 0 fully saturated rings. The molecule has 18 heavy (non-hydrogen) atoms. The number of amides is 2. The summed E-state index contributed by atoms with van der Waals surface area (Å²) in [5.41, 5.74) is 2.20. The third-order valence-corrected chi connectivity index (χ3v) is 2.97. The normalized spacial score (nSPS) is 16.9. The number of rotatable bonds is 0. The fraction of sp³-hybridized carbons (Fsp3) is 0.462. The van der Waals surface area contributed by atoms with E-state index in [1.54, 1.807) is 4.90 Å². The molecular weight excluding hydrogens is 269 g/mol. The van der Waals surface area contributed by atoms with Crippen molar-refractivity contribution >= 4 is 11.7 Å². The summed E-state index contributed by atoms with van der Waals surface area (Å²) in [5, 5.41) is 7.24. The van der Waals surface area contributed by atoms with E-state index in [0.717, 1.165) is 25.1 Å². The Morgan fingerprint density at radius 2 is 2.06 bits per heavy atom. The molecular formula is C13H18MnN3O-. The van der Waals surface area contributed by atoms with Gasteiger partial charge in [0, 0.05) is 36.3 Å². The van der Waals surface area contributed by atoms with Crippen LogP contribution in [0, 0.1) is 0 Å². The Kier molecular flexibility index (Phi) is 6.19. The molecule has 1 aliphatic heterocycles. The molecule has 0 spiro atoms. The van der Waals surface area contributed by atoms with Crippen molar-refractivity contribution in [2.24, 2.45) is 0 Å². The Bertz CT molecular complexity index is 398. The van der Waals surface area contributed by atoms with Crippen LogP contribution < -0.4 is 10.2 Å². The molecule has 99 valence electrons. The summed E-state index contributed by atoms with van der Waals surface area (Å²) in [4.78, 5) is 13.6. The van der Waals surface area contributed by atoms with Crippen LogP contribution in [0.1, 0.15) is 12.0 Å². The van der Waals surface area contributed by atoms with Gasteiger partial charge in [0.25, 0.3) is 0 Å². The van der Waals surface area contributed by atoms with Gasteiger partial charge < -0.3 is 10.6 Å². The minimum Gasteiger partial charge on any atom is -0.661 e. The van der Waals surface area contributed by atoms with Gasteiger partial charge in [-0.2, -0.15) is 0 Å². The van der Waals surface area contributed by atoms with Gasteiger partial charge in [0.15, 0.2) is 0 Å². The average Bonchev–Trinajstić information content (AvgIpc) is 2.39. The van der Waals surface area contributed by atoms with Gasteiger partial charge >= 0.3 is 6.03 Å². The van der Waals surface area contributed by atoms with Gasteiger partial charge in [-0.25, -0.2) is 4.79 Å². The van der Waals surface area contributed by atoms with Crippen LogP contribution in [0.3, 0.4) is 0 Å². The van der Waals surface area contributed by atoms with E-state index >= 15 is 0 Å². The van der Waals surface area contributed by atoms with Gasteiger partial charge in [0.2, 0.25) is 0 Å². The van der Waals surface area contributed by atoms with Crippen molar-refractivity contribution in [1.82, 2.24) is 5.32 Å². The Morgan fingerprint density at radius 1 is 1.28 bits per heavy atom. The molecule has 2 rings (SSSR count). The number of carbonyl (C=O) groups is 1. The van der Waals surface area contributed by atoms with Gasteiger partial charge in [-0.05, 0) is 18.1 Å². The van der Waals surface area contributed by atoms with Crippen LogP contribution in [0.25, 0.3) is 5.32 Å². The first-order chi connectivity index (χ1) is 8.29. The zero-order chi connectivity index (χ0) is 12.1. The number of benzene rings is 1. The molecule has 0 saturated carbocycles.